The molecular formula is C15H25NO4. The van der Waals surface area contributed by atoms with Crippen molar-refractivity contribution in [3.05, 3.63) is 23.8 Å². The predicted octanol–water partition coefficient (Wildman–Crippen LogP) is 2.15. The van der Waals surface area contributed by atoms with Gasteiger partial charge < -0.3 is 24.7 Å². The summed E-state index contributed by atoms with van der Waals surface area (Å²) >= 11 is 0. The van der Waals surface area contributed by atoms with Crippen molar-refractivity contribution in [2.75, 3.05) is 40.6 Å². The summed E-state index contributed by atoms with van der Waals surface area (Å²) < 4.78 is 21.4. The fourth-order valence-corrected chi connectivity index (χ4v) is 1.86. The van der Waals surface area contributed by atoms with Gasteiger partial charge in [-0.3, -0.25) is 0 Å². The summed E-state index contributed by atoms with van der Waals surface area (Å²) in [4.78, 5) is 0. The van der Waals surface area contributed by atoms with E-state index in [-0.39, 0.29) is 6.04 Å². The minimum absolute atomic E-state index is 0.140. The van der Waals surface area contributed by atoms with E-state index in [1.165, 1.54) is 0 Å². The molecule has 0 aliphatic carbocycles. The molecule has 0 bridgehead atoms. The van der Waals surface area contributed by atoms with Gasteiger partial charge in [-0.2, -0.15) is 0 Å². The van der Waals surface area contributed by atoms with E-state index in [1.807, 2.05) is 25.1 Å². The molecule has 1 atom stereocenters. The lowest BCUT2D eigenvalue weighted by Crippen LogP contribution is -2.11. The van der Waals surface area contributed by atoms with Crippen molar-refractivity contribution in [2.24, 2.45) is 5.73 Å². The van der Waals surface area contributed by atoms with Crippen molar-refractivity contribution in [2.45, 2.75) is 19.4 Å². The Bertz CT molecular complexity index is 382. The fourth-order valence-electron chi connectivity index (χ4n) is 1.86. The van der Waals surface area contributed by atoms with Crippen LogP contribution < -0.4 is 15.2 Å². The highest BCUT2D eigenvalue weighted by molar-refractivity contribution is 5.46. The van der Waals surface area contributed by atoms with Gasteiger partial charge in [0.15, 0.2) is 0 Å². The molecule has 0 heterocycles. The Morgan fingerprint density at radius 1 is 1.05 bits per heavy atom. The number of hydrogen-bond donors (Lipinski definition) is 1. The van der Waals surface area contributed by atoms with E-state index in [0.717, 1.165) is 23.5 Å². The topological polar surface area (TPSA) is 62.9 Å². The van der Waals surface area contributed by atoms with Gasteiger partial charge in [-0.1, -0.05) is 6.07 Å². The van der Waals surface area contributed by atoms with Gasteiger partial charge in [0.25, 0.3) is 0 Å². The van der Waals surface area contributed by atoms with Gasteiger partial charge in [0.2, 0.25) is 0 Å². The molecule has 0 aliphatic heterocycles. The second kappa shape index (κ2) is 9.58. The molecule has 0 aromatic heterocycles. The average Bonchev–Trinajstić information content (AvgIpc) is 2.45. The van der Waals surface area contributed by atoms with Crippen LogP contribution >= 0.6 is 0 Å². The number of rotatable bonds is 10. The van der Waals surface area contributed by atoms with E-state index in [1.54, 1.807) is 14.2 Å². The summed E-state index contributed by atoms with van der Waals surface area (Å²) in [6.45, 7) is 4.38. The molecule has 20 heavy (non-hydrogen) atoms. The molecule has 1 rings (SSSR count). The fraction of sp³-hybridized carbons (Fsp3) is 0.600. The van der Waals surface area contributed by atoms with Gasteiger partial charge >= 0.3 is 0 Å². The molecule has 0 spiro atoms. The third-order valence-corrected chi connectivity index (χ3v) is 2.82. The first-order valence-corrected chi connectivity index (χ1v) is 6.82. The Morgan fingerprint density at radius 2 is 1.80 bits per heavy atom. The van der Waals surface area contributed by atoms with Crippen LogP contribution in [0.25, 0.3) is 0 Å². The summed E-state index contributed by atoms with van der Waals surface area (Å²) in [7, 11) is 3.29. The van der Waals surface area contributed by atoms with Gasteiger partial charge in [-0.05, 0) is 19.1 Å². The van der Waals surface area contributed by atoms with Gasteiger partial charge in [-0.25, -0.2) is 0 Å². The molecule has 0 amide bonds. The van der Waals surface area contributed by atoms with Crippen LogP contribution in [0.5, 0.6) is 11.5 Å². The zero-order valence-electron chi connectivity index (χ0n) is 12.6. The molecular weight excluding hydrogens is 258 g/mol. The smallest absolute Gasteiger partial charge is 0.127 e. The quantitative estimate of drug-likeness (QED) is 0.667. The van der Waals surface area contributed by atoms with Crippen LogP contribution in [0.3, 0.4) is 0 Å². The SMILES string of the molecule is COCCOCCCOc1cccc(OC)c1C(C)N. The minimum atomic E-state index is -0.140. The number of nitrogens with two attached hydrogens (primary N) is 1. The Kier molecular flexibility index (Phi) is 8.02. The van der Waals surface area contributed by atoms with E-state index in [0.29, 0.717) is 26.4 Å². The molecule has 0 radical (unpaired) electrons. The Morgan fingerprint density at radius 3 is 2.45 bits per heavy atom. The normalized spacial score (nSPS) is 12.2. The molecule has 5 nitrogen and oxygen atoms in total. The second-order valence-electron chi connectivity index (χ2n) is 4.47. The van der Waals surface area contributed by atoms with E-state index in [9.17, 15) is 0 Å². The molecule has 0 saturated heterocycles. The van der Waals surface area contributed by atoms with E-state index < -0.39 is 0 Å². The average molecular weight is 283 g/mol. The number of benzene rings is 1. The maximum atomic E-state index is 5.98. The zero-order valence-corrected chi connectivity index (χ0v) is 12.6. The van der Waals surface area contributed by atoms with Gasteiger partial charge in [0.1, 0.15) is 11.5 Å². The summed E-state index contributed by atoms with van der Waals surface area (Å²) in [5.74, 6) is 1.53. The van der Waals surface area contributed by atoms with Gasteiger partial charge in [0.05, 0.1) is 32.5 Å². The van der Waals surface area contributed by atoms with Crippen LogP contribution in [0.1, 0.15) is 24.9 Å². The van der Waals surface area contributed by atoms with Crippen LogP contribution in [-0.2, 0) is 9.47 Å². The molecule has 114 valence electrons. The highest BCUT2D eigenvalue weighted by Gasteiger charge is 2.13. The molecule has 1 aromatic carbocycles. The maximum absolute atomic E-state index is 5.98. The lowest BCUT2D eigenvalue weighted by atomic mass is 10.1. The lowest BCUT2D eigenvalue weighted by Gasteiger charge is -2.17. The monoisotopic (exact) mass is 283 g/mol. The highest BCUT2D eigenvalue weighted by Crippen LogP contribution is 2.32. The third kappa shape index (κ3) is 5.36. The molecule has 5 heteroatoms. The van der Waals surface area contributed by atoms with Crippen molar-refractivity contribution in [1.82, 2.24) is 0 Å². The van der Waals surface area contributed by atoms with Crippen LogP contribution in [-0.4, -0.2) is 40.6 Å². The van der Waals surface area contributed by atoms with Crippen molar-refractivity contribution < 1.29 is 18.9 Å². The van der Waals surface area contributed by atoms with Crippen molar-refractivity contribution in [3.63, 3.8) is 0 Å². The first-order valence-electron chi connectivity index (χ1n) is 6.82. The van der Waals surface area contributed by atoms with Gasteiger partial charge in [0, 0.05) is 26.2 Å². The summed E-state index contributed by atoms with van der Waals surface area (Å²) in [5, 5.41) is 0. The Hall–Kier alpha value is -1.30. The first-order chi connectivity index (χ1) is 9.70. The molecule has 1 unspecified atom stereocenters. The van der Waals surface area contributed by atoms with Crippen LogP contribution in [0.15, 0.2) is 18.2 Å². The van der Waals surface area contributed by atoms with E-state index >= 15 is 0 Å². The van der Waals surface area contributed by atoms with Crippen molar-refractivity contribution >= 4 is 0 Å². The molecule has 0 saturated carbocycles. The largest absolute Gasteiger partial charge is 0.496 e. The predicted molar refractivity (Wildman–Crippen MR) is 78.4 cm³/mol. The Labute approximate surface area is 121 Å². The molecule has 0 aliphatic rings. The van der Waals surface area contributed by atoms with Crippen LogP contribution in [0, 0.1) is 0 Å². The van der Waals surface area contributed by atoms with Crippen LogP contribution in [0.2, 0.25) is 0 Å². The standard InChI is InChI=1S/C15H25NO4/c1-12(16)15-13(18-3)6-4-7-14(15)20-9-5-8-19-11-10-17-2/h4,6-7,12H,5,8-11,16H2,1-3H3. The summed E-state index contributed by atoms with van der Waals surface area (Å²) in [5.41, 5.74) is 6.88. The lowest BCUT2D eigenvalue weighted by molar-refractivity contribution is 0.0643. The molecule has 1 aromatic rings. The molecule has 2 N–H and O–H groups in total. The third-order valence-electron chi connectivity index (χ3n) is 2.82. The zero-order chi connectivity index (χ0) is 14.8. The minimum Gasteiger partial charge on any atom is -0.496 e. The van der Waals surface area contributed by atoms with E-state index in [2.05, 4.69) is 0 Å². The first kappa shape index (κ1) is 16.8. The Balaban J connectivity index is 2.43. The van der Waals surface area contributed by atoms with E-state index in [4.69, 9.17) is 24.7 Å². The van der Waals surface area contributed by atoms with Crippen molar-refractivity contribution in [1.29, 1.82) is 0 Å². The number of ether oxygens (including phenoxy) is 4. The summed E-state index contributed by atoms with van der Waals surface area (Å²) in [6, 6.07) is 5.56. The molecule has 0 fully saturated rings. The van der Waals surface area contributed by atoms with Crippen LogP contribution in [0.4, 0.5) is 0 Å². The second-order valence-corrected chi connectivity index (χ2v) is 4.47. The summed E-state index contributed by atoms with van der Waals surface area (Å²) in [6.07, 6.45) is 0.819. The number of methoxy groups -OCH3 is 2. The van der Waals surface area contributed by atoms with Gasteiger partial charge in [-0.15, -0.1) is 0 Å². The maximum Gasteiger partial charge on any atom is 0.127 e. The number of hydrogen-bond acceptors (Lipinski definition) is 5. The van der Waals surface area contributed by atoms with Crippen molar-refractivity contribution in [3.8, 4) is 11.5 Å². The highest BCUT2D eigenvalue weighted by atomic mass is 16.5.